The highest BCUT2D eigenvalue weighted by molar-refractivity contribution is 5.44. The number of rotatable bonds is 3. The van der Waals surface area contributed by atoms with Crippen LogP contribution < -0.4 is 11.1 Å². The van der Waals surface area contributed by atoms with E-state index in [9.17, 15) is 13.2 Å². The van der Waals surface area contributed by atoms with Gasteiger partial charge in [0.15, 0.2) is 0 Å². The van der Waals surface area contributed by atoms with Crippen LogP contribution in [0.4, 0.5) is 24.8 Å². The summed E-state index contributed by atoms with van der Waals surface area (Å²) in [4.78, 5) is 6.69. The molecule has 1 heterocycles. The second kappa shape index (κ2) is 5.85. The Morgan fingerprint density at radius 3 is 2.75 bits per heavy atom. The molecule has 112 valence electrons. The van der Waals surface area contributed by atoms with Crippen LogP contribution in [0.25, 0.3) is 0 Å². The average molecular weight is 288 g/mol. The first-order valence-corrected chi connectivity index (χ1v) is 6.80. The monoisotopic (exact) mass is 288 g/mol. The Hall–Kier alpha value is -1.53. The van der Waals surface area contributed by atoms with Crippen molar-refractivity contribution >= 4 is 11.6 Å². The molecule has 20 heavy (non-hydrogen) atoms. The quantitative estimate of drug-likeness (QED) is 0.895. The molecule has 2 rings (SSSR count). The minimum atomic E-state index is -4.58. The molecule has 1 aliphatic carbocycles. The van der Waals surface area contributed by atoms with Crippen molar-refractivity contribution in [1.82, 2.24) is 9.97 Å². The molecule has 2 unspecified atom stereocenters. The van der Waals surface area contributed by atoms with Crippen LogP contribution in [0, 0.1) is 11.8 Å². The van der Waals surface area contributed by atoms with Crippen molar-refractivity contribution in [2.24, 2.45) is 11.8 Å². The Kier molecular flexibility index (Phi) is 4.35. The molecular formula is C13H19F3N4. The van der Waals surface area contributed by atoms with Crippen molar-refractivity contribution in [2.45, 2.75) is 38.8 Å². The van der Waals surface area contributed by atoms with Crippen LogP contribution in [0.5, 0.6) is 0 Å². The summed E-state index contributed by atoms with van der Waals surface area (Å²) in [6.45, 7) is 2.83. The third-order valence-electron chi connectivity index (χ3n) is 3.62. The second-order valence-corrected chi connectivity index (χ2v) is 5.52. The topological polar surface area (TPSA) is 63.8 Å². The third-order valence-corrected chi connectivity index (χ3v) is 3.62. The fourth-order valence-corrected chi connectivity index (χ4v) is 2.68. The molecule has 0 amide bonds. The molecule has 0 aliphatic heterocycles. The van der Waals surface area contributed by atoms with Crippen LogP contribution in [0.1, 0.15) is 38.4 Å². The maximum atomic E-state index is 12.6. The number of nitrogens with two attached hydrogens (primary N) is 1. The van der Waals surface area contributed by atoms with E-state index in [-0.39, 0.29) is 11.6 Å². The Morgan fingerprint density at radius 2 is 2.10 bits per heavy atom. The SMILES string of the molecule is CC1CCCC(CNc2cc(N)nc(C(F)(F)F)n2)C1. The fraction of sp³-hybridized carbons (Fsp3) is 0.692. The Labute approximate surface area is 116 Å². The molecular weight excluding hydrogens is 269 g/mol. The molecule has 0 saturated heterocycles. The molecule has 1 fully saturated rings. The second-order valence-electron chi connectivity index (χ2n) is 5.52. The predicted molar refractivity (Wildman–Crippen MR) is 71.1 cm³/mol. The Bertz CT molecular complexity index is 461. The van der Waals surface area contributed by atoms with E-state index in [1.165, 1.54) is 18.9 Å². The van der Waals surface area contributed by atoms with Crippen LogP contribution in [0.3, 0.4) is 0 Å². The van der Waals surface area contributed by atoms with Gasteiger partial charge < -0.3 is 11.1 Å². The summed E-state index contributed by atoms with van der Waals surface area (Å²) in [5, 5.41) is 2.96. The van der Waals surface area contributed by atoms with Gasteiger partial charge in [0.2, 0.25) is 5.82 Å². The van der Waals surface area contributed by atoms with Gasteiger partial charge in [-0.15, -0.1) is 0 Å². The van der Waals surface area contributed by atoms with E-state index in [0.717, 1.165) is 12.8 Å². The molecule has 7 heteroatoms. The predicted octanol–water partition coefficient (Wildman–Crippen LogP) is 3.32. The van der Waals surface area contributed by atoms with Crippen molar-refractivity contribution in [2.75, 3.05) is 17.6 Å². The summed E-state index contributed by atoms with van der Waals surface area (Å²) < 4.78 is 37.8. The first kappa shape index (κ1) is 14.9. The maximum Gasteiger partial charge on any atom is 0.451 e. The molecule has 2 atom stereocenters. The summed E-state index contributed by atoms with van der Waals surface area (Å²) in [5.41, 5.74) is 5.40. The zero-order valence-corrected chi connectivity index (χ0v) is 11.4. The lowest BCUT2D eigenvalue weighted by atomic mass is 9.82. The largest absolute Gasteiger partial charge is 0.451 e. The molecule has 4 nitrogen and oxygen atoms in total. The molecule has 0 spiro atoms. The lowest BCUT2D eigenvalue weighted by Crippen LogP contribution is -2.22. The summed E-state index contributed by atoms with van der Waals surface area (Å²) in [5.74, 6) is -0.0760. The van der Waals surface area contributed by atoms with Crippen molar-refractivity contribution in [3.63, 3.8) is 0 Å². The maximum absolute atomic E-state index is 12.6. The number of anilines is 2. The highest BCUT2D eigenvalue weighted by Crippen LogP contribution is 2.30. The van der Waals surface area contributed by atoms with E-state index in [0.29, 0.717) is 18.4 Å². The van der Waals surface area contributed by atoms with Gasteiger partial charge in [-0.3, -0.25) is 0 Å². The van der Waals surface area contributed by atoms with Crippen LogP contribution in [-0.2, 0) is 6.18 Å². The number of nitrogens with zero attached hydrogens (tertiary/aromatic N) is 2. The van der Waals surface area contributed by atoms with Gasteiger partial charge >= 0.3 is 6.18 Å². The zero-order chi connectivity index (χ0) is 14.8. The summed E-state index contributed by atoms with van der Waals surface area (Å²) in [7, 11) is 0. The molecule has 0 bridgehead atoms. The molecule has 3 N–H and O–H groups in total. The van der Waals surface area contributed by atoms with E-state index in [1.54, 1.807) is 0 Å². The molecule has 1 saturated carbocycles. The number of nitrogen functional groups attached to an aromatic ring is 1. The minimum Gasteiger partial charge on any atom is -0.384 e. The Morgan fingerprint density at radius 1 is 1.35 bits per heavy atom. The standard InChI is InChI=1S/C13H19F3N4/c1-8-3-2-4-9(5-8)7-18-11-6-10(17)19-12(20-11)13(14,15)16/h6,8-9H,2-5,7H2,1H3,(H3,17,18,19,20). The van der Waals surface area contributed by atoms with Crippen LogP contribution >= 0.6 is 0 Å². The van der Waals surface area contributed by atoms with Gasteiger partial charge in [0.05, 0.1) is 0 Å². The van der Waals surface area contributed by atoms with Crippen molar-refractivity contribution in [1.29, 1.82) is 0 Å². The third kappa shape index (κ3) is 3.98. The van der Waals surface area contributed by atoms with Gasteiger partial charge in [-0.2, -0.15) is 13.2 Å². The fourth-order valence-electron chi connectivity index (χ4n) is 2.68. The number of aromatic nitrogens is 2. The number of nitrogens with one attached hydrogen (secondary N) is 1. The lowest BCUT2D eigenvalue weighted by molar-refractivity contribution is -0.144. The zero-order valence-electron chi connectivity index (χ0n) is 11.4. The van der Waals surface area contributed by atoms with E-state index in [4.69, 9.17) is 5.73 Å². The van der Waals surface area contributed by atoms with Crippen LogP contribution in [0.2, 0.25) is 0 Å². The first-order valence-electron chi connectivity index (χ1n) is 6.80. The smallest absolute Gasteiger partial charge is 0.384 e. The van der Waals surface area contributed by atoms with Gasteiger partial charge in [-0.05, 0) is 24.7 Å². The number of halogens is 3. The van der Waals surface area contributed by atoms with Gasteiger partial charge in [0, 0.05) is 12.6 Å². The van der Waals surface area contributed by atoms with Crippen LogP contribution in [0.15, 0.2) is 6.07 Å². The lowest BCUT2D eigenvalue weighted by Gasteiger charge is -2.27. The number of alkyl halides is 3. The average Bonchev–Trinajstić information content (AvgIpc) is 2.35. The highest BCUT2D eigenvalue weighted by Gasteiger charge is 2.35. The van der Waals surface area contributed by atoms with E-state index >= 15 is 0 Å². The van der Waals surface area contributed by atoms with E-state index in [2.05, 4.69) is 22.2 Å². The normalized spacial score (nSPS) is 23.6. The Balaban J connectivity index is 2.00. The highest BCUT2D eigenvalue weighted by atomic mass is 19.4. The number of hydrogen-bond donors (Lipinski definition) is 2. The number of hydrogen-bond acceptors (Lipinski definition) is 4. The summed E-state index contributed by atoms with van der Waals surface area (Å²) in [6, 6.07) is 1.33. The van der Waals surface area contributed by atoms with Crippen molar-refractivity contribution in [3.8, 4) is 0 Å². The molecule has 1 aromatic rings. The summed E-state index contributed by atoms with van der Waals surface area (Å²) in [6.07, 6.45) is 0.0251. The van der Waals surface area contributed by atoms with Gasteiger partial charge in [-0.25, -0.2) is 9.97 Å². The van der Waals surface area contributed by atoms with Crippen molar-refractivity contribution in [3.05, 3.63) is 11.9 Å². The van der Waals surface area contributed by atoms with E-state index < -0.39 is 12.0 Å². The first-order chi connectivity index (χ1) is 9.34. The molecule has 0 radical (unpaired) electrons. The van der Waals surface area contributed by atoms with Gasteiger partial charge in [-0.1, -0.05) is 19.8 Å². The van der Waals surface area contributed by atoms with Crippen LogP contribution in [-0.4, -0.2) is 16.5 Å². The molecule has 0 aromatic carbocycles. The van der Waals surface area contributed by atoms with E-state index in [1.807, 2.05) is 0 Å². The molecule has 1 aromatic heterocycles. The molecule has 1 aliphatic rings. The van der Waals surface area contributed by atoms with Crippen molar-refractivity contribution < 1.29 is 13.2 Å². The summed E-state index contributed by atoms with van der Waals surface area (Å²) >= 11 is 0. The van der Waals surface area contributed by atoms with Gasteiger partial charge in [0.25, 0.3) is 0 Å². The van der Waals surface area contributed by atoms with Gasteiger partial charge in [0.1, 0.15) is 11.6 Å². The minimum absolute atomic E-state index is 0.142.